The highest BCUT2D eigenvalue weighted by Gasteiger charge is 2.43. The van der Waals surface area contributed by atoms with Crippen LogP contribution in [0.4, 0.5) is 0 Å². The zero-order chi connectivity index (χ0) is 14.9. The van der Waals surface area contributed by atoms with Crippen LogP contribution in [0.5, 0.6) is 0 Å². The Hall–Kier alpha value is -0.590. The summed E-state index contributed by atoms with van der Waals surface area (Å²) < 4.78 is 0. The van der Waals surface area contributed by atoms with Gasteiger partial charge in [0, 0.05) is 18.1 Å². The van der Waals surface area contributed by atoms with Gasteiger partial charge in [0.2, 0.25) is 0 Å². The number of nitrogens with zero attached hydrogens (tertiary/aromatic N) is 2. The second-order valence-electron chi connectivity index (χ2n) is 7.88. The number of hydrogen-bond acceptors (Lipinski definition) is 3. The first-order chi connectivity index (χ1) is 10.1. The van der Waals surface area contributed by atoms with Crippen molar-refractivity contribution in [2.75, 3.05) is 6.54 Å². The number of fused-ring (bicyclic) bond motifs is 1. The molecule has 1 N–H and O–H groups in total. The van der Waals surface area contributed by atoms with Crippen LogP contribution in [-0.4, -0.2) is 35.1 Å². The molecular weight excluding hydrogens is 258 g/mol. The molecule has 2 aliphatic carbocycles. The summed E-state index contributed by atoms with van der Waals surface area (Å²) in [5.74, 6) is 0.954. The van der Waals surface area contributed by atoms with Crippen LogP contribution in [0, 0.1) is 17.2 Å². The minimum atomic E-state index is -0.275. The summed E-state index contributed by atoms with van der Waals surface area (Å²) in [7, 11) is 0. The standard InChI is InChI=1S/C18H31N3/c1-14(2)20-18(13-19)10-4-8-16(12-18)21-11-5-7-15-6-3-9-17(15)21/h14-17,20H,3-12H2,1-2H3. The highest BCUT2D eigenvalue weighted by molar-refractivity contribution is 5.12. The summed E-state index contributed by atoms with van der Waals surface area (Å²) in [5.41, 5.74) is -0.275. The van der Waals surface area contributed by atoms with Gasteiger partial charge < -0.3 is 0 Å². The van der Waals surface area contributed by atoms with E-state index in [0.717, 1.165) is 24.8 Å². The van der Waals surface area contributed by atoms with Gasteiger partial charge in [0.1, 0.15) is 5.54 Å². The van der Waals surface area contributed by atoms with Gasteiger partial charge in [0.25, 0.3) is 0 Å². The second kappa shape index (κ2) is 6.26. The van der Waals surface area contributed by atoms with Crippen LogP contribution in [0.25, 0.3) is 0 Å². The fraction of sp³-hybridized carbons (Fsp3) is 0.944. The van der Waals surface area contributed by atoms with Crippen molar-refractivity contribution in [1.82, 2.24) is 10.2 Å². The van der Waals surface area contributed by atoms with Crippen LogP contribution in [0.15, 0.2) is 0 Å². The molecule has 0 spiro atoms. The minimum absolute atomic E-state index is 0.275. The predicted molar refractivity (Wildman–Crippen MR) is 85.9 cm³/mol. The van der Waals surface area contributed by atoms with E-state index in [9.17, 15) is 5.26 Å². The lowest BCUT2D eigenvalue weighted by Crippen LogP contribution is -2.57. The lowest BCUT2D eigenvalue weighted by molar-refractivity contribution is 0.0334. The Morgan fingerprint density at radius 1 is 1.14 bits per heavy atom. The molecule has 118 valence electrons. The summed E-state index contributed by atoms with van der Waals surface area (Å²) in [4.78, 5) is 2.81. The Balaban J connectivity index is 1.71. The Kier molecular flexibility index (Phi) is 4.57. The third-order valence-corrected chi connectivity index (χ3v) is 6.01. The molecule has 4 unspecified atom stereocenters. The van der Waals surface area contributed by atoms with Gasteiger partial charge in [-0.25, -0.2) is 0 Å². The van der Waals surface area contributed by atoms with Gasteiger partial charge in [-0.05, 0) is 77.7 Å². The molecule has 0 aromatic heterocycles. The molecule has 1 saturated heterocycles. The third-order valence-electron chi connectivity index (χ3n) is 6.01. The van der Waals surface area contributed by atoms with Gasteiger partial charge in [0.05, 0.1) is 6.07 Å². The molecule has 3 rings (SSSR count). The quantitative estimate of drug-likeness (QED) is 0.865. The smallest absolute Gasteiger partial charge is 0.108 e. The molecule has 21 heavy (non-hydrogen) atoms. The number of nitrogens with one attached hydrogen (secondary N) is 1. The fourth-order valence-corrected chi connectivity index (χ4v) is 5.29. The molecule has 3 heteroatoms. The third kappa shape index (κ3) is 3.12. The highest BCUT2D eigenvalue weighted by atomic mass is 15.2. The Morgan fingerprint density at radius 2 is 1.95 bits per heavy atom. The van der Waals surface area contributed by atoms with Gasteiger partial charge in [-0.2, -0.15) is 5.26 Å². The summed E-state index contributed by atoms with van der Waals surface area (Å²) >= 11 is 0. The topological polar surface area (TPSA) is 39.1 Å². The van der Waals surface area contributed by atoms with E-state index in [-0.39, 0.29) is 5.54 Å². The minimum Gasteiger partial charge on any atom is -0.297 e. The van der Waals surface area contributed by atoms with Crippen molar-refractivity contribution in [2.45, 2.75) is 95.3 Å². The monoisotopic (exact) mass is 289 g/mol. The summed E-state index contributed by atoms with van der Waals surface area (Å²) in [6.07, 6.45) is 11.6. The van der Waals surface area contributed by atoms with Crippen molar-refractivity contribution in [1.29, 1.82) is 5.26 Å². The molecule has 0 aromatic carbocycles. The molecule has 4 atom stereocenters. The number of likely N-dealkylation sites (tertiary alicyclic amines) is 1. The molecule has 0 amide bonds. The maximum Gasteiger partial charge on any atom is 0.108 e. The number of piperidine rings is 1. The molecule has 1 heterocycles. The zero-order valence-electron chi connectivity index (χ0n) is 13.8. The van der Waals surface area contributed by atoms with Crippen molar-refractivity contribution in [2.24, 2.45) is 5.92 Å². The van der Waals surface area contributed by atoms with E-state index >= 15 is 0 Å². The number of nitriles is 1. The fourth-order valence-electron chi connectivity index (χ4n) is 5.29. The Morgan fingerprint density at radius 3 is 2.71 bits per heavy atom. The lowest BCUT2D eigenvalue weighted by Gasteiger charge is -2.48. The second-order valence-corrected chi connectivity index (χ2v) is 7.88. The van der Waals surface area contributed by atoms with Crippen molar-refractivity contribution >= 4 is 0 Å². The molecular formula is C18H31N3. The van der Waals surface area contributed by atoms with Crippen LogP contribution in [0.1, 0.15) is 71.6 Å². The van der Waals surface area contributed by atoms with Gasteiger partial charge >= 0.3 is 0 Å². The van der Waals surface area contributed by atoms with Crippen molar-refractivity contribution in [3.63, 3.8) is 0 Å². The number of hydrogen-bond donors (Lipinski definition) is 1. The molecule has 1 aliphatic heterocycles. The predicted octanol–water partition coefficient (Wildman–Crippen LogP) is 3.45. The van der Waals surface area contributed by atoms with Gasteiger partial charge in [-0.3, -0.25) is 10.2 Å². The molecule has 3 fully saturated rings. The Labute approximate surface area is 130 Å². The largest absolute Gasteiger partial charge is 0.297 e. The first-order valence-electron chi connectivity index (χ1n) is 9.08. The molecule has 3 nitrogen and oxygen atoms in total. The summed E-state index contributed by atoms with van der Waals surface area (Å²) in [6, 6.07) is 4.50. The van der Waals surface area contributed by atoms with Crippen molar-refractivity contribution in [3.8, 4) is 6.07 Å². The maximum atomic E-state index is 9.76. The van der Waals surface area contributed by atoms with E-state index in [0.29, 0.717) is 12.1 Å². The van der Waals surface area contributed by atoms with Crippen LogP contribution in [-0.2, 0) is 0 Å². The average Bonchev–Trinajstić information content (AvgIpc) is 2.95. The van der Waals surface area contributed by atoms with Gasteiger partial charge in [-0.15, -0.1) is 0 Å². The normalized spacial score (nSPS) is 41.0. The van der Waals surface area contributed by atoms with Crippen molar-refractivity contribution < 1.29 is 0 Å². The number of rotatable bonds is 3. The molecule has 2 saturated carbocycles. The molecule has 0 bridgehead atoms. The van der Waals surface area contributed by atoms with Crippen molar-refractivity contribution in [3.05, 3.63) is 0 Å². The zero-order valence-corrected chi connectivity index (χ0v) is 13.8. The SMILES string of the molecule is CC(C)NC1(C#N)CCCC(N2CCCC3CCCC32)C1. The molecule has 3 aliphatic rings. The first kappa shape index (κ1) is 15.3. The van der Waals surface area contributed by atoms with Gasteiger partial charge in [0.15, 0.2) is 0 Å². The van der Waals surface area contributed by atoms with Crippen LogP contribution < -0.4 is 5.32 Å². The van der Waals surface area contributed by atoms with E-state index in [4.69, 9.17) is 0 Å². The summed E-state index contributed by atoms with van der Waals surface area (Å²) in [5, 5.41) is 13.3. The lowest BCUT2D eigenvalue weighted by atomic mass is 9.77. The van der Waals surface area contributed by atoms with Gasteiger partial charge in [-0.1, -0.05) is 6.42 Å². The van der Waals surface area contributed by atoms with E-state index in [1.807, 2.05) is 0 Å². The van der Waals surface area contributed by atoms with E-state index in [1.165, 1.54) is 51.5 Å². The van der Waals surface area contributed by atoms with E-state index in [1.54, 1.807) is 0 Å². The summed E-state index contributed by atoms with van der Waals surface area (Å²) in [6.45, 7) is 5.60. The first-order valence-corrected chi connectivity index (χ1v) is 9.08. The maximum absolute atomic E-state index is 9.76. The van der Waals surface area contributed by atoms with Crippen LogP contribution >= 0.6 is 0 Å². The van der Waals surface area contributed by atoms with Crippen LogP contribution in [0.3, 0.4) is 0 Å². The van der Waals surface area contributed by atoms with E-state index in [2.05, 4.69) is 30.1 Å². The molecule has 0 radical (unpaired) electrons. The van der Waals surface area contributed by atoms with E-state index < -0.39 is 0 Å². The average molecular weight is 289 g/mol. The van der Waals surface area contributed by atoms with Crippen LogP contribution in [0.2, 0.25) is 0 Å². The highest BCUT2D eigenvalue weighted by Crippen LogP contribution is 2.41. The molecule has 0 aromatic rings. The Bertz CT molecular complexity index is 400.